The van der Waals surface area contributed by atoms with Crippen molar-refractivity contribution in [2.24, 2.45) is 17.6 Å². The first kappa shape index (κ1) is 16.1. The number of carbonyl (C=O) groups is 1. The van der Waals surface area contributed by atoms with E-state index in [0.717, 1.165) is 25.9 Å². The summed E-state index contributed by atoms with van der Waals surface area (Å²) < 4.78 is 13.3. The normalized spacial score (nSPS) is 26.2. The molecule has 122 valence electrons. The largest absolute Gasteiger partial charge is 0.338 e. The standard InChI is InChI=1S/C17H18FN3O.ClH/c18-13-2-4-16-11(6-13)5-12(7-20-16)17(22)21-8-10-1-3-15(19)14(10)9-21;/h2,4-7,10,14-15H,1,3,8-9,19H2;1H. The molecule has 2 fully saturated rings. The lowest BCUT2D eigenvalue weighted by atomic mass is 9.98. The third-order valence-corrected chi connectivity index (χ3v) is 5.09. The summed E-state index contributed by atoms with van der Waals surface area (Å²) in [6, 6.07) is 6.35. The highest BCUT2D eigenvalue weighted by Crippen LogP contribution is 2.37. The molecule has 0 spiro atoms. The maximum atomic E-state index is 13.3. The van der Waals surface area contributed by atoms with Crippen LogP contribution in [0.1, 0.15) is 23.2 Å². The fourth-order valence-electron chi connectivity index (χ4n) is 3.88. The van der Waals surface area contributed by atoms with Crippen molar-refractivity contribution in [2.45, 2.75) is 18.9 Å². The first-order valence-corrected chi connectivity index (χ1v) is 7.72. The highest BCUT2D eigenvalue weighted by Gasteiger charge is 2.42. The Morgan fingerprint density at radius 3 is 2.87 bits per heavy atom. The van der Waals surface area contributed by atoms with E-state index in [1.54, 1.807) is 18.3 Å². The number of carbonyl (C=O) groups excluding carboxylic acids is 1. The highest BCUT2D eigenvalue weighted by atomic mass is 35.5. The topological polar surface area (TPSA) is 59.2 Å². The molecule has 3 atom stereocenters. The number of pyridine rings is 1. The lowest BCUT2D eigenvalue weighted by Crippen LogP contribution is -2.33. The zero-order valence-electron chi connectivity index (χ0n) is 12.6. The Labute approximate surface area is 140 Å². The van der Waals surface area contributed by atoms with Crippen molar-refractivity contribution >= 4 is 29.2 Å². The number of fused-ring (bicyclic) bond motifs is 2. The Kier molecular flexibility index (Phi) is 4.25. The van der Waals surface area contributed by atoms with E-state index in [-0.39, 0.29) is 30.2 Å². The molecule has 2 aliphatic rings. The lowest BCUT2D eigenvalue weighted by molar-refractivity contribution is 0.0779. The summed E-state index contributed by atoms with van der Waals surface area (Å²) in [4.78, 5) is 18.8. The fraction of sp³-hybridized carbons (Fsp3) is 0.412. The summed E-state index contributed by atoms with van der Waals surface area (Å²) in [5.41, 5.74) is 7.33. The molecule has 6 heteroatoms. The van der Waals surface area contributed by atoms with E-state index in [1.807, 2.05) is 4.90 Å². The Bertz CT molecular complexity index is 754. The molecule has 4 rings (SSSR count). The molecule has 3 unspecified atom stereocenters. The van der Waals surface area contributed by atoms with E-state index in [1.165, 1.54) is 12.1 Å². The molecule has 1 aliphatic heterocycles. The third kappa shape index (κ3) is 2.79. The van der Waals surface area contributed by atoms with Crippen molar-refractivity contribution in [2.75, 3.05) is 13.1 Å². The molecular formula is C17H19ClFN3O. The second kappa shape index (κ2) is 6.06. The predicted molar refractivity (Wildman–Crippen MR) is 89.0 cm³/mol. The Hall–Kier alpha value is -1.72. The van der Waals surface area contributed by atoms with E-state index in [0.29, 0.717) is 28.3 Å². The highest BCUT2D eigenvalue weighted by molar-refractivity contribution is 5.97. The smallest absolute Gasteiger partial charge is 0.255 e. The van der Waals surface area contributed by atoms with E-state index in [2.05, 4.69) is 4.98 Å². The van der Waals surface area contributed by atoms with Crippen molar-refractivity contribution in [1.29, 1.82) is 0 Å². The average molecular weight is 336 g/mol. The van der Waals surface area contributed by atoms with Crippen LogP contribution in [0, 0.1) is 17.7 Å². The number of nitrogens with two attached hydrogens (primary N) is 1. The molecule has 2 N–H and O–H groups in total. The second-order valence-electron chi connectivity index (χ2n) is 6.44. The van der Waals surface area contributed by atoms with E-state index >= 15 is 0 Å². The van der Waals surface area contributed by atoms with E-state index < -0.39 is 0 Å². The number of likely N-dealkylation sites (tertiary alicyclic amines) is 1. The van der Waals surface area contributed by atoms with Gasteiger partial charge in [-0.3, -0.25) is 9.78 Å². The molecule has 1 amide bonds. The number of nitrogens with zero attached hydrogens (tertiary/aromatic N) is 2. The van der Waals surface area contributed by atoms with Gasteiger partial charge in [-0.25, -0.2) is 4.39 Å². The molecule has 1 aliphatic carbocycles. The van der Waals surface area contributed by atoms with Gasteiger partial charge in [-0.2, -0.15) is 0 Å². The van der Waals surface area contributed by atoms with Gasteiger partial charge in [0.2, 0.25) is 0 Å². The predicted octanol–water partition coefficient (Wildman–Crippen LogP) is 2.61. The number of halogens is 2. The van der Waals surface area contributed by atoms with Gasteiger partial charge in [-0.05, 0) is 48.9 Å². The first-order chi connectivity index (χ1) is 10.6. The van der Waals surface area contributed by atoms with Gasteiger partial charge in [0.1, 0.15) is 5.82 Å². The molecule has 2 heterocycles. The summed E-state index contributed by atoms with van der Waals surface area (Å²) in [6.45, 7) is 1.50. The van der Waals surface area contributed by atoms with Gasteiger partial charge < -0.3 is 10.6 Å². The first-order valence-electron chi connectivity index (χ1n) is 7.72. The zero-order chi connectivity index (χ0) is 15.3. The monoisotopic (exact) mass is 335 g/mol. The van der Waals surface area contributed by atoms with Crippen molar-refractivity contribution in [3.05, 3.63) is 41.8 Å². The molecule has 0 bridgehead atoms. The Morgan fingerprint density at radius 2 is 2.09 bits per heavy atom. The maximum absolute atomic E-state index is 13.3. The van der Waals surface area contributed by atoms with Gasteiger partial charge in [0.15, 0.2) is 0 Å². The van der Waals surface area contributed by atoms with Crippen LogP contribution in [0.4, 0.5) is 4.39 Å². The van der Waals surface area contributed by atoms with Gasteiger partial charge >= 0.3 is 0 Å². The molecule has 1 saturated carbocycles. The van der Waals surface area contributed by atoms with Gasteiger partial charge in [0.25, 0.3) is 5.91 Å². The van der Waals surface area contributed by atoms with Gasteiger partial charge in [0.05, 0.1) is 11.1 Å². The Morgan fingerprint density at radius 1 is 1.26 bits per heavy atom. The number of hydrogen-bond donors (Lipinski definition) is 1. The molecule has 4 nitrogen and oxygen atoms in total. The lowest BCUT2D eigenvalue weighted by Gasteiger charge is -2.18. The SMILES string of the molecule is Cl.NC1CCC2CN(C(=O)c3cnc4ccc(F)cc4c3)CC12. The molecule has 1 aromatic heterocycles. The molecular weight excluding hydrogens is 317 g/mol. The van der Waals surface area contributed by atoms with Crippen LogP contribution in [0.2, 0.25) is 0 Å². The summed E-state index contributed by atoms with van der Waals surface area (Å²) in [6.07, 6.45) is 3.75. The Balaban J connectivity index is 0.00000156. The quantitative estimate of drug-likeness (QED) is 0.871. The van der Waals surface area contributed by atoms with Crippen LogP contribution in [0.5, 0.6) is 0 Å². The van der Waals surface area contributed by atoms with Gasteiger partial charge in [-0.1, -0.05) is 0 Å². The van der Waals surface area contributed by atoms with Crippen molar-refractivity contribution < 1.29 is 9.18 Å². The minimum Gasteiger partial charge on any atom is -0.338 e. The summed E-state index contributed by atoms with van der Waals surface area (Å²) in [7, 11) is 0. The second-order valence-corrected chi connectivity index (χ2v) is 6.44. The zero-order valence-corrected chi connectivity index (χ0v) is 13.4. The molecule has 23 heavy (non-hydrogen) atoms. The molecule has 1 aromatic carbocycles. The molecule has 1 saturated heterocycles. The van der Waals surface area contributed by atoms with Crippen molar-refractivity contribution in [3.8, 4) is 0 Å². The van der Waals surface area contributed by atoms with Crippen LogP contribution in [0.3, 0.4) is 0 Å². The van der Waals surface area contributed by atoms with Gasteiger partial charge in [0, 0.05) is 30.7 Å². The van der Waals surface area contributed by atoms with Crippen molar-refractivity contribution in [1.82, 2.24) is 9.88 Å². The van der Waals surface area contributed by atoms with Crippen LogP contribution in [-0.2, 0) is 0 Å². The van der Waals surface area contributed by atoms with Crippen LogP contribution >= 0.6 is 12.4 Å². The summed E-state index contributed by atoms with van der Waals surface area (Å²) in [5.74, 6) is 0.612. The third-order valence-electron chi connectivity index (χ3n) is 5.09. The minimum atomic E-state index is -0.319. The van der Waals surface area contributed by atoms with Crippen molar-refractivity contribution in [3.63, 3.8) is 0 Å². The molecule has 0 radical (unpaired) electrons. The molecule has 2 aromatic rings. The van der Waals surface area contributed by atoms with Crippen LogP contribution in [0.25, 0.3) is 10.9 Å². The van der Waals surface area contributed by atoms with E-state index in [4.69, 9.17) is 5.73 Å². The summed E-state index contributed by atoms with van der Waals surface area (Å²) in [5, 5.41) is 0.655. The number of benzene rings is 1. The number of amides is 1. The van der Waals surface area contributed by atoms with Crippen LogP contribution in [0.15, 0.2) is 30.5 Å². The van der Waals surface area contributed by atoms with E-state index in [9.17, 15) is 9.18 Å². The van der Waals surface area contributed by atoms with Gasteiger partial charge in [-0.15, -0.1) is 12.4 Å². The van der Waals surface area contributed by atoms with Crippen LogP contribution in [-0.4, -0.2) is 34.9 Å². The summed E-state index contributed by atoms with van der Waals surface area (Å²) >= 11 is 0. The van der Waals surface area contributed by atoms with Crippen LogP contribution < -0.4 is 5.73 Å². The number of hydrogen-bond acceptors (Lipinski definition) is 3. The number of rotatable bonds is 1. The minimum absolute atomic E-state index is 0. The average Bonchev–Trinajstić information content (AvgIpc) is 3.08. The maximum Gasteiger partial charge on any atom is 0.255 e. The number of aromatic nitrogens is 1. The fourth-order valence-corrected chi connectivity index (χ4v) is 3.88.